The van der Waals surface area contributed by atoms with Crippen LogP contribution in [0.2, 0.25) is 0 Å². The zero-order valence-electron chi connectivity index (χ0n) is 13.3. The number of aryl methyl sites for hydroxylation is 1. The number of aromatic nitrogens is 1. The van der Waals surface area contributed by atoms with E-state index in [1.807, 2.05) is 36.6 Å². The minimum atomic E-state index is 0.838. The molecule has 0 N–H and O–H groups in total. The number of rotatable bonds is 6. The first-order chi connectivity index (χ1) is 11.3. The third-order valence-corrected chi connectivity index (χ3v) is 3.82. The van der Waals surface area contributed by atoms with Crippen molar-refractivity contribution in [2.24, 2.45) is 4.99 Å². The van der Waals surface area contributed by atoms with E-state index in [2.05, 4.69) is 46.6 Å². The highest BCUT2D eigenvalue weighted by atomic mass is 16.5. The SMILES string of the molecule is C=CCCn1cc(C=Nc2ccc(OC)cc2)c2ccccc21. The molecular formula is C20H20N2O. The first kappa shape index (κ1) is 15.1. The molecule has 0 atom stereocenters. The van der Waals surface area contributed by atoms with Crippen LogP contribution in [0.4, 0.5) is 5.69 Å². The molecule has 0 aliphatic heterocycles. The number of aliphatic imine (C=N–C) groups is 1. The van der Waals surface area contributed by atoms with E-state index in [1.165, 1.54) is 10.9 Å². The Bertz CT molecular complexity index is 828. The summed E-state index contributed by atoms with van der Waals surface area (Å²) >= 11 is 0. The minimum absolute atomic E-state index is 0.838. The molecule has 1 aromatic heterocycles. The number of allylic oxidation sites excluding steroid dienone is 1. The second kappa shape index (κ2) is 6.97. The van der Waals surface area contributed by atoms with Crippen LogP contribution in [0.25, 0.3) is 10.9 Å². The van der Waals surface area contributed by atoms with Gasteiger partial charge in [-0.1, -0.05) is 24.3 Å². The topological polar surface area (TPSA) is 26.5 Å². The Hall–Kier alpha value is -2.81. The summed E-state index contributed by atoms with van der Waals surface area (Å²) in [7, 11) is 1.66. The van der Waals surface area contributed by atoms with E-state index in [1.54, 1.807) is 7.11 Å². The zero-order chi connectivity index (χ0) is 16.1. The van der Waals surface area contributed by atoms with Crippen LogP contribution < -0.4 is 4.74 Å². The number of fused-ring (bicyclic) bond motifs is 1. The molecule has 0 radical (unpaired) electrons. The van der Waals surface area contributed by atoms with Crippen molar-refractivity contribution in [1.29, 1.82) is 0 Å². The highest BCUT2D eigenvalue weighted by molar-refractivity contribution is 6.00. The van der Waals surface area contributed by atoms with Gasteiger partial charge in [-0.15, -0.1) is 6.58 Å². The van der Waals surface area contributed by atoms with E-state index in [4.69, 9.17) is 4.74 Å². The second-order valence-corrected chi connectivity index (χ2v) is 5.33. The maximum absolute atomic E-state index is 5.17. The Morgan fingerprint density at radius 2 is 1.91 bits per heavy atom. The summed E-state index contributed by atoms with van der Waals surface area (Å²) in [5.74, 6) is 0.838. The number of para-hydroxylation sites is 1. The van der Waals surface area contributed by atoms with Crippen LogP contribution >= 0.6 is 0 Å². The number of benzene rings is 2. The van der Waals surface area contributed by atoms with E-state index >= 15 is 0 Å². The lowest BCUT2D eigenvalue weighted by atomic mass is 10.2. The van der Waals surface area contributed by atoms with Crippen LogP contribution in [-0.4, -0.2) is 17.9 Å². The predicted molar refractivity (Wildman–Crippen MR) is 97.0 cm³/mol. The van der Waals surface area contributed by atoms with Gasteiger partial charge in [0.25, 0.3) is 0 Å². The highest BCUT2D eigenvalue weighted by Gasteiger charge is 2.05. The Balaban J connectivity index is 1.92. The van der Waals surface area contributed by atoms with Gasteiger partial charge in [-0.3, -0.25) is 4.99 Å². The molecule has 3 aromatic rings. The van der Waals surface area contributed by atoms with Gasteiger partial charge in [-0.2, -0.15) is 0 Å². The fourth-order valence-electron chi connectivity index (χ4n) is 2.61. The third kappa shape index (κ3) is 3.34. The summed E-state index contributed by atoms with van der Waals surface area (Å²) in [4.78, 5) is 4.58. The molecule has 23 heavy (non-hydrogen) atoms. The van der Waals surface area contributed by atoms with Crippen molar-refractivity contribution < 1.29 is 4.74 Å². The van der Waals surface area contributed by atoms with Crippen molar-refractivity contribution in [3.63, 3.8) is 0 Å². The number of ether oxygens (including phenoxy) is 1. The molecule has 2 aromatic carbocycles. The molecule has 116 valence electrons. The molecule has 0 aliphatic rings. The summed E-state index contributed by atoms with van der Waals surface area (Å²) < 4.78 is 7.42. The first-order valence-electron chi connectivity index (χ1n) is 7.68. The Morgan fingerprint density at radius 1 is 1.13 bits per heavy atom. The maximum Gasteiger partial charge on any atom is 0.119 e. The summed E-state index contributed by atoms with van der Waals surface area (Å²) in [5, 5.41) is 1.22. The van der Waals surface area contributed by atoms with Crippen molar-refractivity contribution >= 4 is 22.8 Å². The van der Waals surface area contributed by atoms with E-state index in [-0.39, 0.29) is 0 Å². The third-order valence-electron chi connectivity index (χ3n) is 3.82. The standard InChI is InChI=1S/C20H20N2O/c1-3-4-13-22-15-16(19-7-5-6-8-20(19)22)14-21-17-9-11-18(23-2)12-10-17/h3,5-12,14-15H,1,4,13H2,2H3. The highest BCUT2D eigenvalue weighted by Crippen LogP contribution is 2.22. The van der Waals surface area contributed by atoms with E-state index in [0.29, 0.717) is 0 Å². The van der Waals surface area contributed by atoms with E-state index < -0.39 is 0 Å². The van der Waals surface area contributed by atoms with Gasteiger partial charge in [0.05, 0.1) is 12.8 Å². The van der Waals surface area contributed by atoms with Crippen molar-refractivity contribution in [3.05, 3.63) is 72.9 Å². The van der Waals surface area contributed by atoms with E-state index in [9.17, 15) is 0 Å². The monoisotopic (exact) mass is 304 g/mol. The van der Waals surface area contributed by atoms with E-state index in [0.717, 1.165) is 30.0 Å². The number of nitrogens with zero attached hydrogens (tertiary/aromatic N) is 2. The van der Waals surface area contributed by atoms with Crippen LogP contribution in [0.15, 0.2) is 72.4 Å². The Labute approximate surface area is 136 Å². The maximum atomic E-state index is 5.17. The first-order valence-corrected chi connectivity index (χ1v) is 7.68. The lowest BCUT2D eigenvalue weighted by Crippen LogP contribution is -1.93. The molecule has 0 fully saturated rings. The van der Waals surface area contributed by atoms with Gasteiger partial charge in [-0.05, 0) is 36.8 Å². The quantitative estimate of drug-likeness (QED) is 0.466. The van der Waals surface area contributed by atoms with Crippen LogP contribution in [0.5, 0.6) is 5.75 Å². The average molecular weight is 304 g/mol. The number of hydrogen-bond donors (Lipinski definition) is 0. The molecule has 3 heteroatoms. The lowest BCUT2D eigenvalue weighted by molar-refractivity contribution is 0.415. The molecule has 0 amide bonds. The van der Waals surface area contributed by atoms with Gasteiger partial charge in [0.15, 0.2) is 0 Å². The predicted octanol–water partition coefficient (Wildman–Crippen LogP) is 4.98. The Kier molecular flexibility index (Phi) is 4.57. The van der Waals surface area contributed by atoms with Crippen molar-refractivity contribution in [3.8, 4) is 5.75 Å². The van der Waals surface area contributed by atoms with Gasteiger partial charge in [-0.25, -0.2) is 0 Å². The molecule has 0 saturated heterocycles. The molecule has 0 saturated carbocycles. The largest absolute Gasteiger partial charge is 0.497 e. The Morgan fingerprint density at radius 3 is 2.65 bits per heavy atom. The summed E-state index contributed by atoms with van der Waals surface area (Å²) in [6, 6.07) is 16.1. The average Bonchev–Trinajstić information content (AvgIpc) is 2.96. The summed E-state index contributed by atoms with van der Waals surface area (Å²) in [6.07, 6.45) is 6.98. The van der Waals surface area contributed by atoms with Gasteiger partial charge < -0.3 is 9.30 Å². The van der Waals surface area contributed by atoms with Gasteiger partial charge in [0, 0.05) is 35.4 Å². The minimum Gasteiger partial charge on any atom is -0.497 e. The van der Waals surface area contributed by atoms with Crippen LogP contribution in [0.1, 0.15) is 12.0 Å². The molecular weight excluding hydrogens is 284 g/mol. The molecule has 3 nitrogen and oxygen atoms in total. The fraction of sp³-hybridized carbons (Fsp3) is 0.150. The number of methoxy groups -OCH3 is 1. The fourth-order valence-corrected chi connectivity index (χ4v) is 2.61. The lowest BCUT2D eigenvalue weighted by Gasteiger charge is -2.01. The normalized spacial score (nSPS) is 11.2. The molecule has 0 bridgehead atoms. The molecule has 0 aliphatic carbocycles. The summed E-state index contributed by atoms with van der Waals surface area (Å²) in [5.41, 5.74) is 3.26. The smallest absolute Gasteiger partial charge is 0.119 e. The van der Waals surface area contributed by atoms with Crippen molar-refractivity contribution in [2.75, 3.05) is 7.11 Å². The van der Waals surface area contributed by atoms with Gasteiger partial charge in [0.2, 0.25) is 0 Å². The van der Waals surface area contributed by atoms with Crippen LogP contribution in [0, 0.1) is 0 Å². The van der Waals surface area contributed by atoms with Gasteiger partial charge in [0.1, 0.15) is 5.75 Å². The molecule has 0 unspecified atom stereocenters. The molecule has 1 heterocycles. The van der Waals surface area contributed by atoms with Gasteiger partial charge >= 0.3 is 0 Å². The zero-order valence-corrected chi connectivity index (χ0v) is 13.3. The molecule has 3 rings (SSSR count). The van der Waals surface area contributed by atoms with Crippen molar-refractivity contribution in [2.45, 2.75) is 13.0 Å². The number of hydrogen-bond acceptors (Lipinski definition) is 2. The van der Waals surface area contributed by atoms with Crippen molar-refractivity contribution in [1.82, 2.24) is 4.57 Å². The van der Waals surface area contributed by atoms with Crippen LogP contribution in [-0.2, 0) is 6.54 Å². The second-order valence-electron chi connectivity index (χ2n) is 5.33. The van der Waals surface area contributed by atoms with Crippen LogP contribution in [0.3, 0.4) is 0 Å². The summed E-state index contributed by atoms with van der Waals surface area (Å²) in [6.45, 7) is 4.73. The molecule has 0 spiro atoms.